The molecule has 3 rings (SSSR count). The molecule has 6 nitrogen and oxygen atoms in total. The molecule has 1 aromatic rings. The molecule has 1 amide bonds. The standard InChI is InChI=1S/C19H22BrNO5/c1-3-5-14(22)21-9-19(18(25)26)10(2)8-12(20)16(19)11-6-4-7-13(21)15(11)17(23)24/h4,6-7,10,12,16H,3,5,8-9H2,1-2H3,(H,23,24)(H,25,26). The molecule has 140 valence electrons. The molecule has 1 aliphatic heterocycles. The average Bonchev–Trinajstić information content (AvgIpc) is 2.77. The zero-order valence-electron chi connectivity index (χ0n) is 14.7. The maximum absolute atomic E-state index is 12.8. The molecule has 1 aromatic carbocycles. The van der Waals surface area contributed by atoms with Crippen molar-refractivity contribution in [3.8, 4) is 0 Å². The van der Waals surface area contributed by atoms with Crippen molar-refractivity contribution in [3.05, 3.63) is 29.3 Å². The van der Waals surface area contributed by atoms with Gasteiger partial charge in [0.05, 0.1) is 16.7 Å². The van der Waals surface area contributed by atoms with Crippen molar-refractivity contribution in [1.82, 2.24) is 0 Å². The Bertz CT molecular complexity index is 779. The molecular weight excluding hydrogens is 402 g/mol. The van der Waals surface area contributed by atoms with Crippen LogP contribution in [0.25, 0.3) is 0 Å². The van der Waals surface area contributed by atoms with Crippen LogP contribution in [0.15, 0.2) is 18.2 Å². The number of aromatic carboxylic acids is 1. The number of benzene rings is 1. The molecule has 1 heterocycles. The van der Waals surface area contributed by atoms with E-state index in [1.165, 1.54) is 4.90 Å². The van der Waals surface area contributed by atoms with Gasteiger partial charge < -0.3 is 15.1 Å². The first-order chi connectivity index (χ1) is 12.3. The number of alkyl halides is 1. The Balaban J connectivity index is 2.32. The summed E-state index contributed by atoms with van der Waals surface area (Å²) in [5.41, 5.74) is -0.382. The number of carbonyl (C=O) groups excluding carboxylic acids is 1. The number of amides is 1. The monoisotopic (exact) mass is 423 g/mol. The van der Waals surface area contributed by atoms with Gasteiger partial charge in [-0.25, -0.2) is 4.79 Å². The van der Waals surface area contributed by atoms with Gasteiger partial charge in [-0.15, -0.1) is 0 Å². The molecule has 1 saturated carbocycles. The summed E-state index contributed by atoms with van der Waals surface area (Å²) < 4.78 is 0. The van der Waals surface area contributed by atoms with Gasteiger partial charge in [0.15, 0.2) is 0 Å². The largest absolute Gasteiger partial charge is 0.481 e. The summed E-state index contributed by atoms with van der Waals surface area (Å²) in [5.74, 6) is -3.07. The van der Waals surface area contributed by atoms with Gasteiger partial charge in [0.1, 0.15) is 0 Å². The van der Waals surface area contributed by atoms with Crippen LogP contribution in [-0.2, 0) is 9.59 Å². The highest BCUT2D eigenvalue weighted by Gasteiger charge is 2.61. The molecule has 2 bridgehead atoms. The predicted octanol–water partition coefficient (Wildman–Crippen LogP) is 3.49. The van der Waals surface area contributed by atoms with E-state index in [0.717, 1.165) is 0 Å². The minimum atomic E-state index is -1.22. The third kappa shape index (κ3) is 2.55. The summed E-state index contributed by atoms with van der Waals surface area (Å²) in [5, 5.41) is 20.1. The summed E-state index contributed by atoms with van der Waals surface area (Å²) in [6, 6.07) is 5.00. The van der Waals surface area contributed by atoms with Gasteiger partial charge in [0, 0.05) is 23.7 Å². The van der Waals surface area contributed by atoms with Crippen molar-refractivity contribution in [2.75, 3.05) is 11.4 Å². The van der Waals surface area contributed by atoms with E-state index in [1.807, 2.05) is 13.8 Å². The van der Waals surface area contributed by atoms with Crippen LogP contribution in [0.1, 0.15) is 54.9 Å². The smallest absolute Gasteiger partial charge is 0.338 e. The molecule has 2 aliphatic rings. The van der Waals surface area contributed by atoms with E-state index < -0.39 is 23.3 Å². The molecule has 7 heteroatoms. The molecule has 2 N–H and O–H groups in total. The molecule has 0 saturated heterocycles. The molecule has 26 heavy (non-hydrogen) atoms. The van der Waals surface area contributed by atoms with Gasteiger partial charge in [-0.3, -0.25) is 9.59 Å². The highest BCUT2D eigenvalue weighted by Crippen LogP contribution is 2.59. The number of carboxylic acids is 2. The summed E-state index contributed by atoms with van der Waals surface area (Å²) in [4.78, 5) is 38.6. The molecule has 4 unspecified atom stereocenters. The second-order valence-electron chi connectivity index (χ2n) is 7.25. The lowest BCUT2D eigenvalue weighted by molar-refractivity contribution is -0.151. The highest BCUT2D eigenvalue weighted by atomic mass is 79.9. The summed E-state index contributed by atoms with van der Waals surface area (Å²) in [6.45, 7) is 3.73. The molecule has 0 spiro atoms. The Labute approximate surface area is 160 Å². The zero-order chi connectivity index (χ0) is 19.2. The van der Waals surface area contributed by atoms with Crippen LogP contribution in [0.2, 0.25) is 0 Å². The lowest BCUT2D eigenvalue weighted by atomic mass is 9.69. The van der Waals surface area contributed by atoms with Crippen molar-refractivity contribution in [2.24, 2.45) is 11.3 Å². The van der Waals surface area contributed by atoms with Gasteiger partial charge in [-0.1, -0.05) is 41.9 Å². The number of carboxylic acid groups (broad SMARTS) is 2. The maximum atomic E-state index is 12.8. The molecule has 1 aliphatic carbocycles. The van der Waals surface area contributed by atoms with Crippen LogP contribution in [0.5, 0.6) is 0 Å². The third-order valence-electron chi connectivity index (χ3n) is 5.87. The van der Waals surface area contributed by atoms with Gasteiger partial charge in [-0.05, 0) is 30.4 Å². The van der Waals surface area contributed by atoms with Crippen LogP contribution < -0.4 is 4.90 Å². The SMILES string of the molecule is CCCC(=O)N1CC2(C(=O)O)C(C)CC(Br)C2c2cccc1c2C(=O)O. The van der Waals surface area contributed by atoms with Crippen molar-refractivity contribution < 1.29 is 24.6 Å². The Morgan fingerprint density at radius 3 is 2.58 bits per heavy atom. The van der Waals surface area contributed by atoms with Crippen molar-refractivity contribution in [3.63, 3.8) is 0 Å². The Morgan fingerprint density at radius 1 is 1.31 bits per heavy atom. The van der Waals surface area contributed by atoms with Crippen LogP contribution >= 0.6 is 15.9 Å². The Morgan fingerprint density at radius 2 is 2.00 bits per heavy atom. The molecule has 0 aromatic heterocycles. The van der Waals surface area contributed by atoms with Crippen LogP contribution in [0.3, 0.4) is 0 Å². The topological polar surface area (TPSA) is 94.9 Å². The van der Waals surface area contributed by atoms with Gasteiger partial charge >= 0.3 is 11.9 Å². The van der Waals surface area contributed by atoms with Gasteiger partial charge in [0.25, 0.3) is 0 Å². The van der Waals surface area contributed by atoms with E-state index in [0.29, 0.717) is 24.1 Å². The Hall–Kier alpha value is -1.89. The van der Waals surface area contributed by atoms with E-state index in [-0.39, 0.29) is 35.2 Å². The second-order valence-corrected chi connectivity index (χ2v) is 8.43. The lowest BCUT2D eigenvalue weighted by Crippen LogP contribution is -2.49. The molecule has 4 atom stereocenters. The van der Waals surface area contributed by atoms with E-state index in [1.54, 1.807) is 18.2 Å². The first-order valence-corrected chi connectivity index (χ1v) is 9.71. The Kier molecular flexibility index (Phi) is 4.86. The third-order valence-corrected chi connectivity index (χ3v) is 6.77. The van der Waals surface area contributed by atoms with Crippen LogP contribution in [-0.4, -0.2) is 39.4 Å². The predicted molar refractivity (Wildman–Crippen MR) is 100.0 cm³/mol. The number of rotatable bonds is 4. The fourth-order valence-electron chi connectivity index (χ4n) is 4.64. The highest BCUT2D eigenvalue weighted by molar-refractivity contribution is 9.09. The summed E-state index contributed by atoms with van der Waals surface area (Å²) in [7, 11) is 0. The first-order valence-electron chi connectivity index (χ1n) is 8.79. The number of hydrogen-bond acceptors (Lipinski definition) is 3. The first kappa shape index (κ1) is 18.9. The summed E-state index contributed by atoms with van der Waals surface area (Å²) in [6.07, 6.45) is 1.46. The second kappa shape index (κ2) is 6.68. The normalized spacial score (nSPS) is 29.8. The number of anilines is 1. The number of aliphatic carboxylic acids is 1. The van der Waals surface area contributed by atoms with Gasteiger partial charge in [0.2, 0.25) is 5.91 Å². The molecule has 0 radical (unpaired) electrons. The average molecular weight is 424 g/mol. The van der Waals surface area contributed by atoms with Crippen LogP contribution in [0.4, 0.5) is 5.69 Å². The fourth-order valence-corrected chi connectivity index (χ4v) is 5.96. The summed E-state index contributed by atoms with van der Waals surface area (Å²) >= 11 is 3.60. The van der Waals surface area contributed by atoms with E-state index in [2.05, 4.69) is 15.9 Å². The van der Waals surface area contributed by atoms with E-state index in [9.17, 15) is 24.6 Å². The van der Waals surface area contributed by atoms with Crippen molar-refractivity contribution in [2.45, 2.75) is 43.9 Å². The minimum absolute atomic E-state index is 0.0110. The number of halogens is 1. The van der Waals surface area contributed by atoms with Crippen molar-refractivity contribution in [1.29, 1.82) is 0 Å². The number of fused-ring (bicyclic) bond motifs is 4. The number of nitrogens with zero attached hydrogens (tertiary/aromatic N) is 1. The molecular formula is C19H22BrNO5. The quantitative estimate of drug-likeness (QED) is 0.722. The van der Waals surface area contributed by atoms with Crippen molar-refractivity contribution >= 4 is 39.5 Å². The number of carbonyl (C=O) groups is 3. The van der Waals surface area contributed by atoms with E-state index in [4.69, 9.17) is 0 Å². The number of hydrogen-bond donors (Lipinski definition) is 2. The van der Waals surface area contributed by atoms with Gasteiger partial charge in [-0.2, -0.15) is 0 Å². The van der Waals surface area contributed by atoms with E-state index >= 15 is 0 Å². The van der Waals surface area contributed by atoms with Crippen LogP contribution in [0, 0.1) is 11.3 Å². The zero-order valence-corrected chi connectivity index (χ0v) is 16.3. The fraction of sp³-hybridized carbons (Fsp3) is 0.526. The maximum Gasteiger partial charge on any atom is 0.338 e. The molecule has 1 fully saturated rings. The minimum Gasteiger partial charge on any atom is -0.481 e. The lowest BCUT2D eigenvalue weighted by Gasteiger charge is -2.37.